The highest BCUT2D eigenvalue weighted by Crippen LogP contribution is 2.19. The van der Waals surface area contributed by atoms with Crippen LogP contribution in [0.25, 0.3) is 0 Å². The van der Waals surface area contributed by atoms with Gasteiger partial charge < -0.3 is 10.6 Å². The van der Waals surface area contributed by atoms with Crippen LogP contribution >= 0.6 is 0 Å². The van der Waals surface area contributed by atoms with Crippen LogP contribution in [0.4, 0.5) is 5.69 Å². The number of nitrogens with two attached hydrogens (primary N) is 1. The fraction of sp³-hybridized carbons (Fsp3) is 0.462. The maximum Gasteiger partial charge on any atom is 0.238 e. The second-order valence-electron chi connectivity index (χ2n) is 5.67. The fourth-order valence-corrected chi connectivity index (χ4v) is 1.99. The third-order valence-electron chi connectivity index (χ3n) is 2.59. The van der Waals surface area contributed by atoms with Crippen molar-refractivity contribution in [2.75, 3.05) is 11.9 Å². The highest BCUT2D eigenvalue weighted by molar-refractivity contribution is 7.89. The van der Waals surface area contributed by atoms with Crippen molar-refractivity contribution in [3.05, 3.63) is 23.8 Å². The first-order valence-electron chi connectivity index (χ1n) is 6.17. The molecule has 0 atom stereocenters. The van der Waals surface area contributed by atoms with Gasteiger partial charge >= 0.3 is 0 Å². The van der Waals surface area contributed by atoms with Gasteiger partial charge in [0.25, 0.3) is 0 Å². The van der Waals surface area contributed by atoms with Crippen molar-refractivity contribution in [1.82, 2.24) is 5.32 Å². The minimum atomic E-state index is -3.78. The summed E-state index contributed by atoms with van der Waals surface area (Å²) in [6, 6.07) is 4.37. The summed E-state index contributed by atoms with van der Waals surface area (Å²) in [7, 11) is -3.78. The number of carbonyl (C=O) groups excluding carboxylic acids is 1. The maximum absolute atomic E-state index is 11.8. The number of carbonyl (C=O) groups is 1. The molecule has 1 rings (SSSR count). The first-order chi connectivity index (χ1) is 8.99. The van der Waals surface area contributed by atoms with Crippen molar-refractivity contribution in [2.45, 2.75) is 38.1 Å². The van der Waals surface area contributed by atoms with Crippen molar-refractivity contribution >= 4 is 21.6 Å². The highest BCUT2D eigenvalue weighted by atomic mass is 32.2. The standard InChI is InChI=1S/C13H21N3O3S/c1-9-5-6-10(20(14,18)19)7-11(9)16-12(17)8-15-13(2,3)4/h5-7,15H,8H2,1-4H3,(H,16,17)(H2,14,18,19). The summed E-state index contributed by atoms with van der Waals surface area (Å²) >= 11 is 0. The lowest BCUT2D eigenvalue weighted by Gasteiger charge is -2.20. The summed E-state index contributed by atoms with van der Waals surface area (Å²) in [4.78, 5) is 11.8. The van der Waals surface area contributed by atoms with E-state index in [4.69, 9.17) is 5.14 Å². The molecule has 0 saturated carbocycles. The molecule has 1 aromatic rings. The summed E-state index contributed by atoms with van der Waals surface area (Å²) in [5.74, 6) is -0.241. The average Bonchev–Trinajstić information content (AvgIpc) is 2.27. The zero-order valence-electron chi connectivity index (χ0n) is 12.1. The molecule has 0 aliphatic carbocycles. The Hall–Kier alpha value is -1.44. The van der Waals surface area contributed by atoms with E-state index in [9.17, 15) is 13.2 Å². The number of amides is 1. The van der Waals surface area contributed by atoms with Gasteiger partial charge in [0, 0.05) is 11.2 Å². The molecule has 20 heavy (non-hydrogen) atoms. The van der Waals surface area contributed by atoms with E-state index in [1.54, 1.807) is 13.0 Å². The van der Waals surface area contributed by atoms with Gasteiger partial charge in [-0.3, -0.25) is 4.79 Å². The number of primary sulfonamides is 1. The van der Waals surface area contributed by atoms with Gasteiger partial charge in [-0.15, -0.1) is 0 Å². The van der Waals surface area contributed by atoms with Crippen LogP contribution < -0.4 is 15.8 Å². The Balaban J connectivity index is 2.85. The van der Waals surface area contributed by atoms with Crippen LogP contribution in [0.3, 0.4) is 0 Å². The minimum Gasteiger partial charge on any atom is -0.325 e. The summed E-state index contributed by atoms with van der Waals surface area (Å²) in [5, 5.41) is 10.8. The number of benzene rings is 1. The SMILES string of the molecule is Cc1ccc(S(N)(=O)=O)cc1NC(=O)CNC(C)(C)C. The van der Waals surface area contributed by atoms with Crippen LogP contribution in [-0.4, -0.2) is 26.4 Å². The number of hydrogen-bond acceptors (Lipinski definition) is 4. The van der Waals surface area contributed by atoms with Crippen molar-refractivity contribution < 1.29 is 13.2 Å². The van der Waals surface area contributed by atoms with Gasteiger partial charge in [-0.25, -0.2) is 13.6 Å². The molecule has 7 heteroatoms. The van der Waals surface area contributed by atoms with Gasteiger partial charge in [-0.2, -0.15) is 0 Å². The van der Waals surface area contributed by atoms with Crippen LogP contribution in [0.5, 0.6) is 0 Å². The molecule has 112 valence electrons. The lowest BCUT2D eigenvalue weighted by molar-refractivity contribution is -0.115. The Bertz CT molecular complexity index is 604. The molecule has 0 bridgehead atoms. The molecule has 0 heterocycles. The summed E-state index contributed by atoms with van der Waals surface area (Å²) in [6.07, 6.45) is 0. The first kappa shape index (κ1) is 16.6. The number of anilines is 1. The van der Waals surface area contributed by atoms with Gasteiger partial charge in [0.2, 0.25) is 15.9 Å². The molecule has 0 aliphatic heterocycles. The van der Waals surface area contributed by atoms with E-state index in [1.165, 1.54) is 12.1 Å². The second-order valence-corrected chi connectivity index (χ2v) is 7.23. The molecule has 0 radical (unpaired) electrons. The number of hydrogen-bond donors (Lipinski definition) is 3. The smallest absolute Gasteiger partial charge is 0.238 e. The zero-order valence-corrected chi connectivity index (χ0v) is 13.0. The van der Waals surface area contributed by atoms with Crippen molar-refractivity contribution in [2.24, 2.45) is 5.14 Å². The molecule has 0 spiro atoms. The second kappa shape index (κ2) is 5.90. The zero-order chi connectivity index (χ0) is 15.6. The van der Waals surface area contributed by atoms with Crippen molar-refractivity contribution in [3.63, 3.8) is 0 Å². The molecule has 6 nitrogen and oxygen atoms in total. The molecular weight excluding hydrogens is 278 g/mol. The van der Waals surface area contributed by atoms with E-state index in [1.807, 2.05) is 20.8 Å². The summed E-state index contributed by atoms with van der Waals surface area (Å²) < 4.78 is 22.6. The molecule has 4 N–H and O–H groups in total. The lowest BCUT2D eigenvalue weighted by atomic mass is 10.1. The lowest BCUT2D eigenvalue weighted by Crippen LogP contribution is -2.41. The Kier molecular flexibility index (Phi) is 4.90. The molecule has 0 fully saturated rings. The molecule has 1 amide bonds. The monoisotopic (exact) mass is 299 g/mol. The molecule has 1 aromatic carbocycles. The Labute approximate surface area is 119 Å². The molecule has 0 aliphatic rings. The third-order valence-corrected chi connectivity index (χ3v) is 3.50. The van der Waals surface area contributed by atoms with E-state index in [0.717, 1.165) is 5.56 Å². The van der Waals surface area contributed by atoms with Crippen molar-refractivity contribution in [3.8, 4) is 0 Å². The van der Waals surface area contributed by atoms with Gasteiger partial charge in [-0.05, 0) is 45.4 Å². The van der Waals surface area contributed by atoms with Gasteiger partial charge in [0.15, 0.2) is 0 Å². The van der Waals surface area contributed by atoms with Crippen LogP contribution in [0.1, 0.15) is 26.3 Å². The topological polar surface area (TPSA) is 101 Å². The van der Waals surface area contributed by atoms with Crippen molar-refractivity contribution in [1.29, 1.82) is 0 Å². The molecule has 0 saturated heterocycles. The number of aryl methyl sites for hydroxylation is 1. The van der Waals surface area contributed by atoms with Gasteiger partial charge in [0.1, 0.15) is 0 Å². The Morgan fingerprint density at radius 2 is 1.90 bits per heavy atom. The summed E-state index contributed by atoms with van der Waals surface area (Å²) in [5.41, 5.74) is 1.04. The van der Waals surface area contributed by atoms with Gasteiger partial charge in [0.05, 0.1) is 11.4 Å². The van der Waals surface area contributed by atoms with Gasteiger partial charge in [-0.1, -0.05) is 6.07 Å². The molecular formula is C13H21N3O3S. The first-order valence-corrected chi connectivity index (χ1v) is 7.72. The van der Waals surface area contributed by atoms with E-state index in [-0.39, 0.29) is 22.9 Å². The Morgan fingerprint density at radius 1 is 1.30 bits per heavy atom. The van der Waals surface area contributed by atoms with E-state index < -0.39 is 10.0 Å². The van der Waals surface area contributed by atoms with Crippen LogP contribution in [0.2, 0.25) is 0 Å². The summed E-state index contributed by atoms with van der Waals surface area (Å²) in [6.45, 7) is 7.77. The number of nitrogens with one attached hydrogen (secondary N) is 2. The van der Waals surface area contributed by atoms with Crippen LogP contribution in [-0.2, 0) is 14.8 Å². The van der Waals surface area contributed by atoms with E-state index in [0.29, 0.717) is 5.69 Å². The Morgan fingerprint density at radius 3 is 2.40 bits per heavy atom. The maximum atomic E-state index is 11.8. The quantitative estimate of drug-likeness (QED) is 0.771. The predicted molar refractivity (Wildman–Crippen MR) is 78.9 cm³/mol. The molecule has 0 unspecified atom stereocenters. The molecule has 0 aromatic heterocycles. The third kappa shape index (κ3) is 5.28. The predicted octanol–water partition coefficient (Wildman–Crippen LogP) is 0.969. The normalized spacial score (nSPS) is 12.2. The minimum absolute atomic E-state index is 0.0258. The van der Waals surface area contributed by atoms with E-state index >= 15 is 0 Å². The fourth-order valence-electron chi connectivity index (χ4n) is 1.45. The number of sulfonamides is 1. The average molecular weight is 299 g/mol. The number of rotatable bonds is 4. The van der Waals surface area contributed by atoms with E-state index in [2.05, 4.69) is 10.6 Å². The highest BCUT2D eigenvalue weighted by Gasteiger charge is 2.14. The van der Waals surface area contributed by atoms with Crippen LogP contribution in [0, 0.1) is 6.92 Å². The van der Waals surface area contributed by atoms with Crippen LogP contribution in [0.15, 0.2) is 23.1 Å². The largest absolute Gasteiger partial charge is 0.325 e.